The standard InChI is InChI=1S/C9H9NO3/c11-9(12)8-4-2-1-3-7(8)5-6-10-13/h1-4,6,13H,5H2,(H,11,12). The summed E-state index contributed by atoms with van der Waals surface area (Å²) in [5.74, 6) is -0.970. The van der Waals surface area contributed by atoms with Crippen LogP contribution in [0.15, 0.2) is 29.4 Å². The molecule has 1 aromatic rings. The lowest BCUT2D eigenvalue weighted by Gasteiger charge is -2.00. The molecule has 0 amide bonds. The van der Waals surface area contributed by atoms with E-state index in [1.165, 1.54) is 12.3 Å². The predicted molar refractivity (Wildman–Crippen MR) is 47.4 cm³/mol. The molecule has 0 saturated carbocycles. The summed E-state index contributed by atoms with van der Waals surface area (Å²) in [4.78, 5) is 10.7. The molecule has 0 radical (unpaired) electrons. The molecule has 0 saturated heterocycles. The van der Waals surface area contributed by atoms with E-state index in [0.29, 0.717) is 12.0 Å². The second-order valence-corrected chi connectivity index (χ2v) is 2.46. The summed E-state index contributed by atoms with van der Waals surface area (Å²) in [6.07, 6.45) is 1.57. The summed E-state index contributed by atoms with van der Waals surface area (Å²) in [6.45, 7) is 0. The van der Waals surface area contributed by atoms with Crippen LogP contribution in [0, 0.1) is 0 Å². The van der Waals surface area contributed by atoms with Crippen LogP contribution < -0.4 is 0 Å². The van der Waals surface area contributed by atoms with E-state index in [-0.39, 0.29) is 5.56 Å². The van der Waals surface area contributed by atoms with Crippen LogP contribution in [0.25, 0.3) is 0 Å². The van der Waals surface area contributed by atoms with Gasteiger partial charge in [0.2, 0.25) is 0 Å². The van der Waals surface area contributed by atoms with E-state index in [1.807, 2.05) is 0 Å². The number of hydrogen-bond acceptors (Lipinski definition) is 3. The van der Waals surface area contributed by atoms with Crippen molar-refractivity contribution in [1.82, 2.24) is 0 Å². The first-order valence-electron chi connectivity index (χ1n) is 3.73. The molecule has 4 heteroatoms. The maximum atomic E-state index is 10.7. The van der Waals surface area contributed by atoms with Crippen LogP contribution in [0.1, 0.15) is 15.9 Å². The average molecular weight is 179 g/mol. The third kappa shape index (κ3) is 2.30. The van der Waals surface area contributed by atoms with E-state index >= 15 is 0 Å². The Labute approximate surface area is 75.1 Å². The first kappa shape index (κ1) is 9.25. The number of carboxylic acid groups (broad SMARTS) is 1. The normalized spacial score (nSPS) is 10.5. The zero-order valence-corrected chi connectivity index (χ0v) is 6.84. The molecular formula is C9H9NO3. The minimum atomic E-state index is -0.970. The van der Waals surface area contributed by atoms with E-state index in [9.17, 15) is 4.79 Å². The van der Waals surface area contributed by atoms with Gasteiger partial charge in [-0.15, -0.1) is 5.16 Å². The number of hydrogen-bond donors (Lipinski definition) is 2. The van der Waals surface area contributed by atoms with Crippen molar-refractivity contribution in [1.29, 1.82) is 0 Å². The third-order valence-corrected chi connectivity index (χ3v) is 1.64. The molecule has 13 heavy (non-hydrogen) atoms. The smallest absolute Gasteiger partial charge is 0.335 e. The Morgan fingerprint density at radius 3 is 2.77 bits per heavy atom. The van der Waals surface area contributed by atoms with Crippen molar-refractivity contribution in [3.05, 3.63) is 35.4 Å². The molecule has 0 aliphatic rings. The van der Waals surface area contributed by atoms with Gasteiger partial charge < -0.3 is 10.3 Å². The number of rotatable bonds is 3. The van der Waals surface area contributed by atoms with E-state index in [1.54, 1.807) is 18.2 Å². The van der Waals surface area contributed by atoms with Crippen LogP contribution in [-0.4, -0.2) is 22.5 Å². The highest BCUT2D eigenvalue weighted by molar-refractivity contribution is 5.90. The average Bonchev–Trinajstić information content (AvgIpc) is 2.15. The Balaban J connectivity index is 2.97. The van der Waals surface area contributed by atoms with Crippen molar-refractivity contribution < 1.29 is 15.1 Å². The van der Waals surface area contributed by atoms with Gasteiger partial charge in [-0.2, -0.15) is 0 Å². The Morgan fingerprint density at radius 2 is 2.15 bits per heavy atom. The molecule has 2 N–H and O–H groups in total. The molecular weight excluding hydrogens is 170 g/mol. The summed E-state index contributed by atoms with van der Waals surface area (Å²) in [5.41, 5.74) is 0.871. The second-order valence-electron chi connectivity index (χ2n) is 2.46. The van der Waals surface area contributed by atoms with Gasteiger partial charge in [-0.05, 0) is 11.6 Å². The first-order valence-corrected chi connectivity index (χ1v) is 3.73. The Hall–Kier alpha value is -1.84. The SMILES string of the molecule is O=C(O)c1ccccc1CC=NO. The minimum Gasteiger partial charge on any atom is -0.478 e. The number of benzene rings is 1. The number of nitrogens with zero attached hydrogens (tertiary/aromatic N) is 1. The van der Waals surface area contributed by atoms with Crippen molar-refractivity contribution >= 4 is 12.2 Å². The van der Waals surface area contributed by atoms with E-state index in [0.717, 1.165) is 0 Å². The lowest BCUT2D eigenvalue weighted by Crippen LogP contribution is -2.02. The monoisotopic (exact) mass is 179 g/mol. The molecule has 68 valence electrons. The van der Waals surface area contributed by atoms with Crippen LogP contribution >= 0.6 is 0 Å². The van der Waals surface area contributed by atoms with Crippen LogP contribution in [0.3, 0.4) is 0 Å². The zero-order chi connectivity index (χ0) is 9.68. The van der Waals surface area contributed by atoms with E-state index in [2.05, 4.69) is 5.16 Å². The predicted octanol–water partition coefficient (Wildman–Crippen LogP) is 1.39. The zero-order valence-electron chi connectivity index (χ0n) is 6.84. The highest BCUT2D eigenvalue weighted by Gasteiger charge is 2.06. The third-order valence-electron chi connectivity index (χ3n) is 1.64. The molecule has 0 fully saturated rings. The molecule has 0 atom stereocenters. The molecule has 1 aromatic carbocycles. The highest BCUT2D eigenvalue weighted by atomic mass is 16.4. The van der Waals surface area contributed by atoms with Crippen molar-refractivity contribution in [2.75, 3.05) is 0 Å². The lowest BCUT2D eigenvalue weighted by molar-refractivity contribution is 0.0696. The van der Waals surface area contributed by atoms with Gasteiger partial charge in [0.1, 0.15) is 0 Å². The summed E-state index contributed by atoms with van der Waals surface area (Å²) in [6, 6.07) is 6.60. The maximum Gasteiger partial charge on any atom is 0.335 e. The summed E-state index contributed by atoms with van der Waals surface area (Å²) in [7, 11) is 0. The van der Waals surface area contributed by atoms with Gasteiger partial charge in [-0.3, -0.25) is 0 Å². The Morgan fingerprint density at radius 1 is 1.46 bits per heavy atom. The quantitative estimate of drug-likeness (QED) is 0.418. The molecule has 0 heterocycles. The molecule has 0 bridgehead atoms. The Bertz CT molecular complexity index is 333. The van der Waals surface area contributed by atoms with Crippen molar-refractivity contribution in [3.8, 4) is 0 Å². The fourth-order valence-electron chi connectivity index (χ4n) is 1.05. The summed E-state index contributed by atoms with van der Waals surface area (Å²) in [5, 5.41) is 19.8. The lowest BCUT2D eigenvalue weighted by atomic mass is 10.1. The molecule has 1 rings (SSSR count). The molecule has 0 aromatic heterocycles. The van der Waals surface area contributed by atoms with E-state index in [4.69, 9.17) is 10.3 Å². The van der Waals surface area contributed by atoms with Crippen LogP contribution in [0.5, 0.6) is 0 Å². The second kappa shape index (κ2) is 4.25. The maximum absolute atomic E-state index is 10.7. The number of aromatic carboxylic acids is 1. The minimum absolute atomic E-state index is 0.238. The van der Waals surface area contributed by atoms with Gasteiger partial charge in [-0.1, -0.05) is 18.2 Å². The number of carboxylic acids is 1. The first-order chi connectivity index (χ1) is 6.25. The summed E-state index contributed by atoms with van der Waals surface area (Å²) >= 11 is 0. The molecule has 0 unspecified atom stereocenters. The molecule has 0 aliphatic heterocycles. The van der Waals surface area contributed by atoms with Crippen molar-refractivity contribution in [2.24, 2.45) is 5.16 Å². The van der Waals surface area contributed by atoms with Gasteiger partial charge in [0, 0.05) is 12.6 Å². The van der Waals surface area contributed by atoms with Gasteiger partial charge in [0.25, 0.3) is 0 Å². The Kier molecular flexibility index (Phi) is 3.03. The fraction of sp³-hybridized carbons (Fsp3) is 0.111. The molecule has 0 spiro atoms. The van der Waals surface area contributed by atoms with Crippen LogP contribution in [0.4, 0.5) is 0 Å². The molecule has 0 aliphatic carbocycles. The number of oxime groups is 1. The van der Waals surface area contributed by atoms with Crippen LogP contribution in [0.2, 0.25) is 0 Å². The van der Waals surface area contributed by atoms with Crippen molar-refractivity contribution in [3.63, 3.8) is 0 Å². The topological polar surface area (TPSA) is 69.9 Å². The van der Waals surface area contributed by atoms with Crippen LogP contribution in [-0.2, 0) is 6.42 Å². The largest absolute Gasteiger partial charge is 0.478 e. The number of carbonyl (C=O) groups is 1. The fourth-order valence-corrected chi connectivity index (χ4v) is 1.05. The summed E-state index contributed by atoms with van der Waals surface area (Å²) < 4.78 is 0. The van der Waals surface area contributed by atoms with Gasteiger partial charge in [0.15, 0.2) is 0 Å². The van der Waals surface area contributed by atoms with Crippen molar-refractivity contribution in [2.45, 2.75) is 6.42 Å². The van der Waals surface area contributed by atoms with E-state index < -0.39 is 5.97 Å². The van der Waals surface area contributed by atoms with Gasteiger partial charge >= 0.3 is 5.97 Å². The van der Waals surface area contributed by atoms with Gasteiger partial charge in [0.05, 0.1) is 5.56 Å². The molecule has 4 nitrogen and oxygen atoms in total. The highest BCUT2D eigenvalue weighted by Crippen LogP contribution is 2.08. The van der Waals surface area contributed by atoms with Gasteiger partial charge in [-0.25, -0.2) is 4.79 Å².